The second-order valence-corrected chi connectivity index (χ2v) is 9.92. The van der Waals surface area contributed by atoms with Crippen LogP contribution in [0.1, 0.15) is 68.2 Å². The zero-order valence-corrected chi connectivity index (χ0v) is 18.5. The molecule has 1 aromatic heterocycles. The fourth-order valence-corrected chi connectivity index (χ4v) is 6.00. The quantitative estimate of drug-likeness (QED) is 0.630. The van der Waals surface area contributed by atoms with Crippen molar-refractivity contribution >= 4 is 17.4 Å². The van der Waals surface area contributed by atoms with Crippen molar-refractivity contribution in [3.8, 4) is 0 Å². The maximum absolute atomic E-state index is 15.1. The lowest BCUT2D eigenvalue weighted by atomic mass is 9.67. The van der Waals surface area contributed by atoms with E-state index in [1.54, 1.807) is 30.7 Å². The average Bonchev–Trinajstić information content (AvgIpc) is 3.33. The number of imidazole rings is 1. The number of allylic oxidation sites excluding steroid dienone is 4. The fourth-order valence-electron chi connectivity index (χ4n) is 5.81. The minimum Gasteiger partial charge on any atom is -0.382 e. The molecule has 2 aromatic rings. The topological polar surface area (TPSA) is 55.1 Å². The summed E-state index contributed by atoms with van der Waals surface area (Å²) in [5, 5.41) is 11.3. The Morgan fingerprint density at radius 2 is 2.06 bits per heavy atom. The summed E-state index contributed by atoms with van der Waals surface area (Å²) < 4.78 is 30.4. The number of aromatic nitrogens is 2. The highest BCUT2D eigenvalue weighted by molar-refractivity contribution is 6.30. The molecule has 1 saturated carbocycles. The Hall–Kier alpha value is -2.31. The molecule has 32 heavy (non-hydrogen) atoms. The number of hydrogen-bond acceptors (Lipinski definition) is 3. The minimum absolute atomic E-state index is 0.0367. The highest BCUT2D eigenvalue weighted by atomic mass is 35.5. The molecule has 1 N–H and O–H groups in total. The van der Waals surface area contributed by atoms with Gasteiger partial charge in [0.2, 0.25) is 0 Å². The van der Waals surface area contributed by atoms with E-state index in [9.17, 15) is 14.3 Å². The Bertz CT molecular complexity index is 1130. The van der Waals surface area contributed by atoms with Crippen LogP contribution >= 0.6 is 11.6 Å². The minimum atomic E-state index is -1.44. The van der Waals surface area contributed by atoms with E-state index in [0.717, 1.165) is 11.3 Å². The number of carbonyl (C=O) groups excluding carboxylic acids is 1. The van der Waals surface area contributed by atoms with Gasteiger partial charge in [-0.2, -0.15) is 0 Å². The van der Waals surface area contributed by atoms with Crippen molar-refractivity contribution in [1.29, 1.82) is 0 Å². The third-order valence-electron chi connectivity index (χ3n) is 7.88. The van der Waals surface area contributed by atoms with Gasteiger partial charge in [-0.05, 0) is 55.4 Å². The Labute approximate surface area is 190 Å². The van der Waals surface area contributed by atoms with Gasteiger partial charge in [0.05, 0.1) is 22.8 Å². The number of ketones is 1. The number of benzene rings is 1. The summed E-state index contributed by atoms with van der Waals surface area (Å²) in [5.74, 6) is -1.06. The van der Waals surface area contributed by atoms with E-state index in [-0.39, 0.29) is 34.9 Å². The highest BCUT2D eigenvalue weighted by Crippen LogP contribution is 2.59. The number of hydrogen-bond donors (Lipinski definition) is 1. The van der Waals surface area contributed by atoms with Crippen LogP contribution in [-0.4, -0.2) is 26.0 Å². The van der Waals surface area contributed by atoms with E-state index < -0.39 is 22.9 Å². The Morgan fingerprint density at radius 1 is 1.31 bits per heavy atom. The van der Waals surface area contributed by atoms with Gasteiger partial charge in [-0.1, -0.05) is 36.7 Å². The first-order valence-electron chi connectivity index (χ1n) is 11.0. The monoisotopic (exact) mass is 458 g/mol. The summed E-state index contributed by atoms with van der Waals surface area (Å²) in [6, 6.07) is 4.24. The molecule has 1 aromatic carbocycles. The number of Topliss-reactive ketones (excluding diaryl/α,β-unsaturated/α-hetero) is 1. The van der Waals surface area contributed by atoms with E-state index in [1.807, 2.05) is 17.6 Å². The second kappa shape index (κ2) is 7.63. The van der Waals surface area contributed by atoms with E-state index in [0.29, 0.717) is 25.7 Å². The number of halogens is 3. The molecule has 168 valence electrons. The van der Waals surface area contributed by atoms with Gasteiger partial charge < -0.3 is 9.67 Å². The van der Waals surface area contributed by atoms with Crippen LogP contribution in [0.5, 0.6) is 0 Å². The van der Waals surface area contributed by atoms with Crippen molar-refractivity contribution in [2.45, 2.75) is 62.5 Å². The van der Waals surface area contributed by atoms with Gasteiger partial charge in [-0.25, -0.2) is 13.8 Å². The van der Waals surface area contributed by atoms with Crippen LogP contribution in [0.2, 0.25) is 5.02 Å². The number of aliphatic hydroxyl groups is 1. The molecule has 1 aliphatic heterocycles. The van der Waals surface area contributed by atoms with Crippen LogP contribution in [0, 0.1) is 11.2 Å². The fraction of sp³-hybridized carbons (Fsp3) is 0.440. The maximum Gasteiger partial charge on any atom is 0.166 e. The smallest absolute Gasteiger partial charge is 0.166 e. The standard InChI is InChI=1S/C25H25ClF2N2O2/c1-24-17(3-2-4-21(24)28)20-13-29-14-30(20)22(24)12-23(31)25(32)9-7-15(8-10-25)16-5-6-19(27)18(26)11-16/h2-6,11,13-15,17,22,32H,7-10,12H2,1H3. The highest BCUT2D eigenvalue weighted by Gasteiger charge is 2.55. The summed E-state index contributed by atoms with van der Waals surface area (Å²) in [7, 11) is 0. The lowest BCUT2D eigenvalue weighted by Gasteiger charge is -2.39. The Morgan fingerprint density at radius 3 is 2.78 bits per heavy atom. The summed E-state index contributed by atoms with van der Waals surface area (Å²) in [5.41, 5.74) is -0.517. The van der Waals surface area contributed by atoms with Gasteiger partial charge in [0.15, 0.2) is 5.78 Å². The van der Waals surface area contributed by atoms with Crippen molar-refractivity contribution in [2.24, 2.45) is 5.41 Å². The van der Waals surface area contributed by atoms with Crippen LogP contribution < -0.4 is 0 Å². The molecule has 3 aliphatic rings. The lowest BCUT2D eigenvalue weighted by molar-refractivity contribution is -0.142. The molecule has 1 fully saturated rings. The third-order valence-corrected chi connectivity index (χ3v) is 8.16. The summed E-state index contributed by atoms with van der Waals surface area (Å²) in [6.45, 7) is 1.84. The molecule has 2 aliphatic carbocycles. The van der Waals surface area contributed by atoms with Gasteiger partial charge >= 0.3 is 0 Å². The van der Waals surface area contributed by atoms with Gasteiger partial charge in [-0.3, -0.25) is 4.79 Å². The average molecular weight is 459 g/mol. The first-order valence-corrected chi connectivity index (χ1v) is 11.4. The molecule has 5 rings (SSSR count). The van der Waals surface area contributed by atoms with Crippen molar-refractivity contribution in [1.82, 2.24) is 9.55 Å². The van der Waals surface area contributed by atoms with Crippen LogP contribution in [-0.2, 0) is 4.79 Å². The Kier molecular flexibility index (Phi) is 5.13. The second-order valence-electron chi connectivity index (χ2n) is 9.51. The van der Waals surface area contributed by atoms with E-state index in [2.05, 4.69) is 4.98 Å². The SMILES string of the molecule is CC12C(F)=CC=CC1c1cncn1C2CC(=O)C1(O)CCC(c2ccc(F)c(Cl)c2)CC1. The predicted octanol–water partition coefficient (Wildman–Crippen LogP) is 5.79. The number of nitrogens with zero attached hydrogens (tertiary/aromatic N) is 2. The van der Waals surface area contributed by atoms with E-state index in [1.165, 1.54) is 12.1 Å². The molecule has 3 atom stereocenters. The van der Waals surface area contributed by atoms with E-state index >= 15 is 4.39 Å². The normalized spacial score (nSPS) is 33.5. The summed E-state index contributed by atoms with van der Waals surface area (Å²) in [6.07, 6.45) is 10.4. The van der Waals surface area contributed by atoms with E-state index in [4.69, 9.17) is 11.6 Å². The Balaban J connectivity index is 1.33. The maximum atomic E-state index is 15.1. The lowest BCUT2D eigenvalue weighted by Crippen LogP contribution is -2.44. The summed E-state index contributed by atoms with van der Waals surface area (Å²) >= 11 is 5.92. The van der Waals surface area contributed by atoms with Crippen LogP contribution in [0.25, 0.3) is 0 Å². The molecule has 0 radical (unpaired) electrons. The number of rotatable bonds is 4. The number of carbonyl (C=O) groups is 1. The molecule has 0 amide bonds. The van der Waals surface area contributed by atoms with Crippen LogP contribution in [0.4, 0.5) is 8.78 Å². The van der Waals surface area contributed by atoms with Crippen LogP contribution in [0.15, 0.2) is 54.8 Å². The third kappa shape index (κ3) is 3.19. The van der Waals surface area contributed by atoms with Gasteiger partial charge in [0, 0.05) is 24.2 Å². The summed E-state index contributed by atoms with van der Waals surface area (Å²) in [4.78, 5) is 17.6. The molecule has 4 nitrogen and oxygen atoms in total. The van der Waals surface area contributed by atoms with Crippen molar-refractivity contribution in [3.05, 3.63) is 76.9 Å². The van der Waals surface area contributed by atoms with Crippen molar-refractivity contribution in [3.63, 3.8) is 0 Å². The zero-order chi connectivity index (χ0) is 22.7. The molecule has 0 saturated heterocycles. The van der Waals surface area contributed by atoms with Crippen molar-refractivity contribution in [2.75, 3.05) is 0 Å². The van der Waals surface area contributed by atoms with Gasteiger partial charge in [0.25, 0.3) is 0 Å². The van der Waals surface area contributed by atoms with Gasteiger partial charge in [0.1, 0.15) is 17.2 Å². The molecule has 0 spiro atoms. The zero-order valence-electron chi connectivity index (χ0n) is 17.8. The number of fused-ring (bicyclic) bond motifs is 3. The first-order chi connectivity index (χ1) is 15.2. The molecule has 0 bridgehead atoms. The molecule has 2 heterocycles. The largest absolute Gasteiger partial charge is 0.382 e. The molecular weight excluding hydrogens is 434 g/mol. The van der Waals surface area contributed by atoms with Crippen molar-refractivity contribution < 1.29 is 18.7 Å². The van der Waals surface area contributed by atoms with Gasteiger partial charge in [-0.15, -0.1) is 0 Å². The van der Waals surface area contributed by atoms with Crippen LogP contribution in [0.3, 0.4) is 0 Å². The first kappa shape index (κ1) is 21.5. The molecule has 3 unspecified atom stereocenters. The molecular formula is C25H25ClF2N2O2. The molecule has 7 heteroatoms. The predicted molar refractivity (Wildman–Crippen MR) is 118 cm³/mol.